The van der Waals surface area contributed by atoms with E-state index in [0.717, 1.165) is 28.8 Å². The predicted molar refractivity (Wildman–Crippen MR) is 138 cm³/mol. The molecule has 8 nitrogen and oxygen atoms in total. The van der Waals surface area contributed by atoms with E-state index >= 15 is 0 Å². The summed E-state index contributed by atoms with van der Waals surface area (Å²) in [6.45, 7) is 3.09. The van der Waals surface area contributed by atoms with Gasteiger partial charge in [-0.15, -0.1) is 10.2 Å². The van der Waals surface area contributed by atoms with Gasteiger partial charge in [0.1, 0.15) is 6.67 Å². The lowest BCUT2D eigenvalue weighted by Gasteiger charge is -2.34. The van der Waals surface area contributed by atoms with Crippen LogP contribution < -0.4 is 5.32 Å². The zero-order chi connectivity index (χ0) is 27.2. The second kappa shape index (κ2) is 10.1. The van der Waals surface area contributed by atoms with Crippen LogP contribution in [-0.2, 0) is 17.9 Å². The fraction of sp³-hybridized carbons (Fsp3) is 0.556. The molecule has 208 valence electrons. The largest absolute Gasteiger partial charge is 0.395 e. The van der Waals surface area contributed by atoms with Crippen molar-refractivity contribution >= 4 is 22.6 Å². The van der Waals surface area contributed by atoms with Crippen molar-refractivity contribution in [2.24, 2.45) is 11.3 Å². The molecule has 0 bridgehead atoms. The molecule has 1 saturated heterocycles. The third-order valence-electron chi connectivity index (χ3n) is 8.44. The lowest BCUT2D eigenvalue weighted by Crippen LogP contribution is -2.44. The van der Waals surface area contributed by atoms with Gasteiger partial charge in [-0.25, -0.2) is 4.39 Å². The third kappa shape index (κ3) is 5.23. The van der Waals surface area contributed by atoms with E-state index in [0.29, 0.717) is 56.9 Å². The van der Waals surface area contributed by atoms with Crippen molar-refractivity contribution in [2.75, 3.05) is 44.7 Å². The van der Waals surface area contributed by atoms with Crippen molar-refractivity contribution in [3.8, 4) is 11.1 Å². The van der Waals surface area contributed by atoms with Crippen LogP contribution in [0.1, 0.15) is 31.4 Å². The smallest absolute Gasteiger partial charge is 0.309 e. The van der Waals surface area contributed by atoms with Gasteiger partial charge in [-0.3, -0.25) is 14.4 Å². The zero-order valence-corrected chi connectivity index (χ0v) is 21.6. The summed E-state index contributed by atoms with van der Waals surface area (Å²) < 4.78 is 54.8. The molecule has 4 heterocycles. The van der Waals surface area contributed by atoms with Crippen LogP contribution >= 0.6 is 0 Å². The fourth-order valence-corrected chi connectivity index (χ4v) is 5.81. The Morgan fingerprint density at radius 1 is 1.05 bits per heavy atom. The maximum absolute atomic E-state index is 13.3. The van der Waals surface area contributed by atoms with Gasteiger partial charge < -0.3 is 10.2 Å². The van der Waals surface area contributed by atoms with E-state index in [1.165, 1.54) is 0 Å². The van der Waals surface area contributed by atoms with E-state index in [1.54, 1.807) is 6.07 Å². The molecule has 3 aromatic rings. The quantitative estimate of drug-likeness (QED) is 0.447. The van der Waals surface area contributed by atoms with Gasteiger partial charge in [0.15, 0.2) is 5.82 Å². The number of carbonyl (C=O) groups excluding carboxylic acids is 1. The summed E-state index contributed by atoms with van der Waals surface area (Å²) in [5, 5.41) is 16.6. The number of halogens is 4. The summed E-state index contributed by atoms with van der Waals surface area (Å²) >= 11 is 0. The molecule has 1 N–H and O–H groups in total. The number of aromatic nitrogens is 4. The van der Waals surface area contributed by atoms with E-state index in [4.69, 9.17) is 0 Å². The van der Waals surface area contributed by atoms with E-state index in [9.17, 15) is 22.4 Å². The van der Waals surface area contributed by atoms with Gasteiger partial charge in [0.25, 0.3) is 0 Å². The third-order valence-corrected chi connectivity index (χ3v) is 8.44. The summed E-state index contributed by atoms with van der Waals surface area (Å²) in [4.78, 5) is 16.9. The number of benzene rings is 1. The average molecular weight is 546 g/mol. The molecule has 1 aromatic carbocycles. The highest BCUT2D eigenvalue weighted by atomic mass is 19.4. The molecule has 2 fully saturated rings. The maximum Gasteiger partial charge on any atom is 0.395 e. The van der Waals surface area contributed by atoms with Crippen molar-refractivity contribution in [3.63, 3.8) is 0 Å². The van der Waals surface area contributed by atoms with Crippen molar-refractivity contribution in [1.82, 2.24) is 29.8 Å². The number of nitrogens with zero attached hydrogens (tertiary/aromatic N) is 6. The van der Waals surface area contributed by atoms with Crippen LogP contribution in [0.5, 0.6) is 0 Å². The number of piperidine rings is 1. The molecule has 2 aromatic heterocycles. The summed E-state index contributed by atoms with van der Waals surface area (Å²) in [6.07, 6.45) is -0.919. The normalized spacial score (nSPS) is 20.2. The standard InChI is InChI=1S/C27H31F4N7O/c28-7-10-36-11-12-38-23(16-36)21(15-32-38)19-1-2-22-20(13-19)14-24(35-34-22)33-25(39)18-3-8-37(9-4-18)17-26(5-6-26)27(29,30)31/h1-2,13-15,18H,3-12,16-17H2,(H,33,35,39). The topological polar surface area (TPSA) is 79.2 Å². The number of hydrogen-bond acceptors (Lipinski definition) is 6. The minimum atomic E-state index is -4.16. The highest BCUT2D eigenvalue weighted by Crippen LogP contribution is 2.58. The molecule has 2 aliphatic heterocycles. The van der Waals surface area contributed by atoms with Gasteiger partial charge >= 0.3 is 6.18 Å². The van der Waals surface area contributed by atoms with Crippen LogP contribution in [-0.4, -0.2) is 81.3 Å². The Morgan fingerprint density at radius 2 is 1.85 bits per heavy atom. The number of nitrogens with one attached hydrogen (secondary N) is 1. The fourth-order valence-electron chi connectivity index (χ4n) is 5.81. The molecule has 1 amide bonds. The second-order valence-electron chi connectivity index (χ2n) is 11.0. The first-order valence-corrected chi connectivity index (χ1v) is 13.5. The van der Waals surface area contributed by atoms with Crippen molar-refractivity contribution in [1.29, 1.82) is 0 Å². The lowest BCUT2D eigenvalue weighted by atomic mass is 9.94. The molecule has 1 saturated carbocycles. The van der Waals surface area contributed by atoms with Crippen LogP contribution in [0, 0.1) is 11.3 Å². The molecule has 12 heteroatoms. The Balaban J connectivity index is 1.11. The maximum atomic E-state index is 13.3. The molecular weight excluding hydrogens is 514 g/mol. The molecule has 6 rings (SSSR count). The first kappa shape index (κ1) is 26.1. The van der Waals surface area contributed by atoms with E-state index < -0.39 is 11.6 Å². The molecular formula is C27H31F4N7O. The van der Waals surface area contributed by atoms with Gasteiger partial charge in [-0.2, -0.15) is 18.3 Å². The SMILES string of the molecule is O=C(Nc1cc2cc(-c3cnn4c3CN(CCF)CC4)ccc2nn1)C1CCN(CC2(C(F)(F)F)CC2)CC1. The molecule has 0 atom stereocenters. The number of anilines is 1. The van der Waals surface area contributed by atoms with Crippen LogP contribution in [0.4, 0.5) is 23.4 Å². The molecule has 3 aliphatic rings. The van der Waals surface area contributed by atoms with Crippen molar-refractivity contribution < 1.29 is 22.4 Å². The minimum absolute atomic E-state index is 0.0256. The van der Waals surface area contributed by atoms with E-state index in [2.05, 4.69) is 25.5 Å². The number of hydrogen-bond donors (Lipinski definition) is 1. The monoisotopic (exact) mass is 545 g/mol. The molecule has 1 aliphatic carbocycles. The van der Waals surface area contributed by atoms with E-state index in [1.807, 2.05) is 34.0 Å². The zero-order valence-electron chi connectivity index (χ0n) is 21.6. The Hall–Kier alpha value is -3.12. The number of alkyl halides is 4. The van der Waals surface area contributed by atoms with Crippen LogP contribution in [0.15, 0.2) is 30.5 Å². The number of amides is 1. The molecule has 39 heavy (non-hydrogen) atoms. The number of carbonyl (C=O) groups is 1. The van der Waals surface area contributed by atoms with Crippen LogP contribution in [0.2, 0.25) is 0 Å². The number of likely N-dealkylation sites (tertiary alicyclic amines) is 1. The number of rotatable bonds is 7. The highest BCUT2D eigenvalue weighted by Gasteiger charge is 2.63. The molecule has 0 spiro atoms. The Kier molecular flexibility index (Phi) is 6.78. The second-order valence-corrected chi connectivity index (χ2v) is 11.0. The first-order chi connectivity index (χ1) is 18.7. The van der Waals surface area contributed by atoms with E-state index in [-0.39, 0.29) is 37.9 Å². The van der Waals surface area contributed by atoms with Crippen molar-refractivity contribution in [3.05, 3.63) is 36.2 Å². The summed E-state index contributed by atoms with van der Waals surface area (Å²) in [5.41, 5.74) is 2.11. The van der Waals surface area contributed by atoms with Crippen molar-refractivity contribution in [2.45, 2.75) is 44.9 Å². The van der Waals surface area contributed by atoms with Gasteiger partial charge in [0.2, 0.25) is 5.91 Å². The Morgan fingerprint density at radius 3 is 2.56 bits per heavy atom. The lowest BCUT2D eigenvalue weighted by molar-refractivity contribution is -0.192. The summed E-state index contributed by atoms with van der Waals surface area (Å²) in [5.74, 6) is -0.125. The summed E-state index contributed by atoms with van der Waals surface area (Å²) in [6, 6.07) is 7.60. The Labute approximate surface area is 223 Å². The van der Waals surface area contributed by atoms with Gasteiger partial charge in [0.05, 0.1) is 29.4 Å². The summed E-state index contributed by atoms with van der Waals surface area (Å²) in [7, 11) is 0. The average Bonchev–Trinajstić information content (AvgIpc) is 3.60. The van der Waals surface area contributed by atoms with Gasteiger partial charge in [-0.05, 0) is 62.5 Å². The predicted octanol–water partition coefficient (Wildman–Crippen LogP) is 4.27. The van der Waals surface area contributed by atoms with Gasteiger partial charge in [-0.1, -0.05) is 6.07 Å². The van der Waals surface area contributed by atoms with Crippen LogP contribution in [0.25, 0.3) is 22.0 Å². The first-order valence-electron chi connectivity index (χ1n) is 13.5. The van der Waals surface area contributed by atoms with Gasteiger partial charge in [0, 0.05) is 43.0 Å². The molecule has 0 radical (unpaired) electrons. The Bertz CT molecular complexity index is 1360. The molecule has 0 unspecified atom stereocenters. The minimum Gasteiger partial charge on any atom is -0.309 e. The highest BCUT2D eigenvalue weighted by molar-refractivity contribution is 5.94. The number of fused-ring (bicyclic) bond motifs is 2. The van der Waals surface area contributed by atoms with Crippen LogP contribution in [0.3, 0.4) is 0 Å².